The van der Waals surface area contributed by atoms with Gasteiger partial charge in [-0.1, -0.05) is 12.1 Å². The van der Waals surface area contributed by atoms with E-state index in [9.17, 15) is 4.39 Å². The lowest BCUT2D eigenvalue weighted by Gasteiger charge is -2.19. The number of hydrogen-bond acceptors (Lipinski definition) is 3. The SMILES string of the molecule is Cc1[nH]ncc1CN[C@H](c1cccc(F)c1)c1nccn1C. The second kappa shape index (κ2) is 6.11. The van der Waals surface area contributed by atoms with Gasteiger partial charge in [0.15, 0.2) is 0 Å². The van der Waals surface area contributed by atoms with Gasteiger partial charge in [0.25, 0.3) is 0 Å². The first kappa shape index (κ1) is 14.5. The molecule has 6 heteroatoms. The highest BCUT2D eigenvalue weighted by atomic mass is 19.1. The second-order valence-electron chi connectivity index (χ2n) is 5.29. The van der Waals surface area contributed by atoms with Gasteiger partial charge in [-0.2, -0.15) is 5.10 Å². The fraction of sp³-hybridized carbons (Fsp3) is 0.250. The first-order chi connectivity index (χ1) is 10.6. The minimum atomic E-state index is -0.252. The van der Waals surface area contributed by atoms with E-state index in [1.165, 1.54) is 12.1 Å². The zero-order valence-electron chi connectivity index (χ0n) is 12.5. The summed E-state index contributed by atoms with van der Waals surface area (Å²) in [5, 5.41) is 10.4. The number of aromatic amines is 1. The Kier molecular flexibility index (Phi) is 4.02. The summed E-state index contributed by atoms with van der Waals surface area (Å²) in [7, 11) is 1.93. The number of nitrogens with zero attached hydrogens (tertiary/aromatic N) is 3. The van der Waals surface area contributed by atoms with Crippen molar-refractivity contribution in [1.29, 1.82) is 0 Å². The van der Waals surface area contributed by atoms with Crippen molar-refractivity contribution < 1.29 is 4.39 Å². The monoisotopic (exact) mass is 299 g/mol. The quantitative estimate of drug-likeness (QED) is 0.761. The molecule has 0 aliphatic carbocycles. The van der Waals surface area contributed by atoms with Gasteiger partial charge in [-0.05, 0) is 24.6 Å². The van der Waals surface area contributed by atoms with Crippen LogP contribution in [-0.2, 0) is 13.6 Å². The van der Waals surface area contributed by atoms with Crippen LogP contribution in [0.25, 0.3) is 0 Å². The molecule has 2 N–H and O–H groups in total. The molecule has 0 fully saturated rings. The summed E-state index contributed by atoms with van der Waals surface area (Å²) in [5.41, 5.74) is 2.94. The second-order valence-corrected chi connectivity index (χ2v) is 5.29. The van der Waals surface area contributed by atoms with E-state index in [2.05, 4.69) is 20.5 Å². The zero-order chi connectivity index (χ0) is 15.5. The molecule has 2 aromatic heterocycles. The molecule has 22 heavy (non-hydrogen) atoms. The Bertz CT molecular complexity index is 761. The largest absolute Gasteiger partial charge is 0.336 e. The van der Waals surface area contributed by atoms with E-state index >= 15 is 0 Å². The van der Waals surface area contributed by atoms with Crippen LogP contribution < -0.4 is 5.32 Å². The molecule has 0 amide bonds. The number of nitrogens with one attached hydrogen (secondary N) is 2. The van der Waals surface area contributed by atoms with E-state index in [1.54, 1.807) is 18.5 Å². The highest BCUT2D eigenvalue weighted by Gasteiger charge is 2.18. The molecule has 1 atom stereocenters. The Morgan fingerprint density at radius 2 is 2.27 bits per heavy atom. The molecule has 5 nitrogen and oxygen atoms in total. The maximum atomic E-state index is 13.6. The Morgan fingerprint density at radius 1 is 1.41 bits per heavy atom. The molecule has 0 saturated heterocycles. The maximum Gasteiger partial charge on any atom is 0.130 e. The van der Waals surface area contributed by atoms with E-state index in [0.717, 1.165) is 22.6 Å². The fourth-order valence-electron chi connectivity index (χ4n) is 2.47. The van der Waals surface area contributed by atoms with Crippen molar-refractivity contribution in [1.82, 2.24) is 25.1 Å². The summed E-state index contributed by atoms with van der Waals surface area (Å²) in [6.07, 6.45) is 5.42. The van der Waals surface area contributed by atoms with Crippen molar-refractivity contribution in [3.05, 3.63) is 71.3 Å². The van der Waals surface area contributed by atoms with Crippen molar-refractivity contribution in [3.63, 3.8) is 0 Å². The highest BCUT2D eigenvalue weighted by molar-refractivity contribution is 5.26. The van der Waals surface area contributed by atoms with Gasteiger partial charge in [0.2, 0.25) is 0 Å². The van der Waals surface area contributed by atoms with E-state index in [-0.39, 0.29) is 11.9 Å². The van der Waals surface area contributed by atoms with Gasteiger partial charge in [0, 0.05) is 37.2 Å². The minimum absolute atomic E-state index is 0.190. The molecule has 0 aliphatic heterocycles. The van der Waals surface area contributed by atoms with Crippen LogP contribution in [0.2, 0.25) is 0 Å². The molecule has 0 spiro atoms. The number of aromatic nitrogens is 4. The van der Waals surface area contributed by atoms with Crippen molar-refractivity contribution in [2.75, 3.05) is 0 Å². The Labute approximate surface area is 128 Å². The first-order valence-electron chi connectivity index (χ1n) is 7.10. The topological polar surface area (TPSA) is 58.5 Å². The van der Waals surface area contributed by atoms with Crippen LogP contribution in [0.4, 0.5) is 4.39 Å². The first-order valence-corrected chi connectivity index (χ1v) is 7.10. The van der Waals surface area contributed by atoms with Gasteiger partial charge in [0.05, 0.1) is 12.2 Å². The molecule has 0 aliphatic rings. The molecule has 3 aromatic rings. The number of aryl methyl sites for hydroxylation is 2. The third kappa shape index (κ3) is 2.92. The van der Waals surface area contributed by atoms with Gasteiger partial charge in [-0.15, -0.1) is 0 Å². The zero-order valence-corrected chi connectivity index (χ0v) is 12.5. The van der Waals surface area contributed by atoms with Gasteiger partial charge < -0.3 is 4.57 Å². The molecule has 0 radical (unpaired) electrons. The number of rotatable bonds is 5. The van der Waals surface area contributed by atoms with Gasteiger partial charge >= 0.3 is 0 Å². The van der Waals surface area contributed by atoms with Gasteiger partial charge in [-0.25, -0.2) is 9.37 Å². The Morgan fingerprint density at radius 3 is 2.91 bits per heavy atom. The molecule has 0 saturated carbocycles. The molecule has 0 unspecified atom stereocenters. The third-order valence-corrected chi connectivity index (χ3v) is 3.73. The van der Waals surface area contributed by atoms with Crippen LogP contribution in [0.3, 0.4) is 0 Å². The van der Waals surface area contributed by atoms with Crippen molar-refractivity contribution in [3.8, 4) is 0 Å². The van der Waals surface area contributed by atoms with Crippen molar-refractivity contribution in [2.45, 2.75) is 19.5 Å². The molecule has 2 heterocycles. The third-order valence-electron chi connectivity index (χ3n) is 3.73. The number of halogens is 1. The van der Waals surface area contributed by atoms with Crippen LogP contribution in [0.1, 0.15) is 28.7 Å². The predicted octanol–water partition coefficient (Wildman–Crippen LogP) is 2.47. The lowest BCUT2D eigenvalue weighted by Crippen LogP contribution is -2.25. The number of H-pyrrole nitrogens is 1. The van der Waals surface area contributed by atoms with E-state index in [1.807, 2.05) is 30.8 Å². The van der Waals surface area contributed by atoms with Gasteiger partial charge in [0.1, 0.15) is 11.6 Å². The standard InChI is InChI=1S/C16H18FN5/c1-11-13(10-20-21-11)9-19-15(16-18-6-7-22(16)2)12-4-3-5-14(17)8-12/h3-8,10,15,19H,9H2,1-2H3,(H,20,21)/t15-/m1/s1. The van der Waals surface area contributed by atoms with Crippen LogP contribution in [-0.4, -0.2) is 19.7 Å². The summed E-state index contributed by atoms with van der Waals surface area (Å²) in [6.45, 7) is 2.60. The lowest BCUT2D eigenvalue weighted by atomic mass is 10.1. The van der Waals surface area contributed by atoms with E-state index in [0.29, 0.717) is 6.54 Å². The molecule has 3 rings (SSSR count). The van der Waals surface area contributed by atoms with Crippen molar-refractivity contribution in [2.24, 2.45) is 7.05 Å². The van der Waals surface area contributed by atoms with E-state index < -0.39 is 0 Å². The van der Waals surface area contributed by atoms with Gasteiger partial charge in [-0.3, -0.25) is 10.4 Å². The normalized spacial score (nSPS) is 12.5. The molecular weight excluding hydrogens is 281 g/mol. The van der Waals surface area contributed by atoms with Crippen LogP contribution >= 0.6 is 0 Å². The Balaban J connectivity index is 1.90. The maximum absolute atomic E-state index is 13.6. The fourth-order valence-corrected chi connectivity index (χ4v) is 2.47. The number of hydrogen-bond donors (Lipinski definition) is 2. The average molecular weight is 299 g/mol. The summed E-state index contributed by atoms with van der Waals surface area (Å²) in [4.78, 5) is 4.40. The summed E-state index contributed by atoms with van der Waals surface area (Å²) in [5.74, 6) is 0.588. The molecule has 1 aromatic carbocycles. The van der Waals surface area contributed by atoms with Crippen molar-refractivity contribution >= 4 is 0 Å². The lowest BCUT2D eigenvalue weighted by molar-refractivity contribution is 0.550. The average Bonchev–Trinajstić information content (AvgIpc) is 3.09. The number of imidazole rings is 1. The summed E-state index contributed by atoms with van der Waals surface area (Å²) in [6, 6.07) is 6.40. The van der Waals surface area contributed by atoms with Crippen LogP contribution in [0, 0.1) is 12.7 Å². The summed E-state index contributed by atoms with van der Waals surface area (Å²) < 4.78 is 15.5. The van der Waals surface area contributed by atoms with Crippen LogP contribution in [0.5, 0.6) is 0 Å². The summed E-state index contributed by atoms with van der Waals surface area (Å²) >= 11 is 0. The molecular formula is C16H18FN5. The predicted molar refractivity (Wildman–Crippen MR) is 81.6 cm³/mol. The molecule has 0 bridgehead atoms. The Hall–Kier alpha value is -2.47. The number of benzene rings is 1. The van der Waals surface area contributed by atoms with Crippen LogP contribution in [0.15, 0.2) is 42.9 Å². The van der Waals surface area contributed by atoms with E-state index in [4.69, 9.17) is 0 Å². The highest BCUT2D eigenvalue weighted by Crippen LogP contribution is 2.22. The minimum Gasteiger partial charge on any atom is -0.336 e. The smallest absolute Gasteiger partial charge is 0.130 e. The molecule has 114 valence electrons.